The second kappa shape index (κ2) is 4.91. The highest BCUT2D eigenvalue weighted by Crippen LogP contribution is 2.27. The van der Waals surface area contributed by atoms with Gasteiger partial charge in [-0.3, -0.25) is 0 Å². The molecule has 16 heavy (non-hydrogen) atoms. The highest BCUT2D eigenvalue weighted by molar-refractivity contribution is 6.35. The van der Waals surface area contributed by atoms with Crippen LogP contribution >= 0.6 is 23.2 Å². The van der Waals surface area contributed by atoms with E-state index in [1.54, 1.807) is 18.2 Å². The molecule has 0 amide bonds. The standard InChI is InChI=1S/C10H8Cl2O4/c11-6-1-2-8(7(12)3-6)14-5-10-15-4-9(13)16-10/h1-3,10H,4-5H2. The fourth-order valence-corrected chi connectivity index (χ4v) is 1.67. The molecule has 1 saturated heterocycles. The number of hydrogen-bond donors (Lipinski definition) is 0. The molecule has 1 heterocycles. The van der Waals surface area contributed by atoms with Gasteiger partial charge in [-0.1, -0.05) is 23.2 Å². The molecule has 1 aliphatic heterocycles. The van der Waals surface area contributed by atoms with Gasteiger partial charge < -0.3 is 14.2 Å². The van der Waals surface area contributed by atoms with Gasteiger partial charge in [0.1, 0.15) is 12.4 Å². The average Bonchev–Trinajstić information content (AvgIpc) is 2.63. The van der Waals surface area contributed by atoms with Gasteiger partial charge in [0.25, 0.3) is 0 Å². The first-order valence-electron chi connectivity index (χ1n) is 4.54. The summed E-state index contributed by atoms with van der Waals surface area (Å²) >= 11 is 11.6. The van der Waals surface area contributed by atoms with E-state index in [9.17, 15) is 4.79 Å². The smallest absolute Gasteiger partial charge is 0.334 e. The van der Waals surface area contributed by atoms with Gasteiger partial charge in [0, 0.05) is 5.02 Å². The van der Waals surface area contributed by atoms with E-state index in [0.717, 1.165) is 0 Å². The number of halogens is 2. The van der Waals surface area contributed by atoms with E-state index in [-0.39, 0.29) is 13.2 Å². The Hall–Kier alpha value is -0.970. The molecular weight excluding hydrogens is 255 g/mol. The Kier molecular flexibility index (Phi) is 3.53. The maximum Gasteiger partial charge on any atom is 0.334 e. The predicted octanol–water partition coefficient (Wildman–Crippen LogP) is 2.27. The van der Waals surface area contributed by atoms with E-state index >= 15 is 0 Å². The lowest BCUT2D eigenvalue weighted by atomic mass is 10.3. The summed E-state index contributed by atoms with van der Waals surface area (Å²) in [5, 5.41) is 0.928. The zero-order valence-corrected chi connectivity index (χ0v) is 9.62. The number of cyclic esters (lactones) is 1. The van der Waals surface area contributed by atoms with Crippen molar-refractivity contribution in [2.24, 2.45) is 0 Å². The van der Waals surface area contributed by atoms with Crippen LogP contribution in [0.5, 0.6) is 5.75 Å². The molecule has 1 unspecified atom stereocenters. The first kappa shape index (κ1) is 11.5. The zero-order chi connectivity index (χ0) is 11.5. The van der Waals surface area contributed by atoms with Crippen LogP contribution in [-0.2, 0) is 14.3 Å². The predicted molar refractivity (Wildman–Crippen MR) is 57.8 cm³/mol. The van der Waals surface area contributed by atoms with Crippen molar-refractivity contribution in [1.82, 2.24) is 0 Å². The fraction of sp³-hybridized carbons (Fsp3) is 0.300. The van der Waals surface area contributed by atoms with Crippen molar-refractivity contribution in [3.05, 3.63) is 28.2 Å². The van der Waals surface area contributed by atoms with Gasteiger partial charge >= 0.3 is 5.97 Å². The SMILES string of the molecule is O=C1COC(COc2ccc(Cl)cc2Cl)O1. The van der Waals surface area contributed by atoms with E-state index < -0.39 is 12.3 Å². The Morgan fingerprint density at radius 2 is 2.25 bits per heavy atom. The third kappa shape index (κ3) is 2.78. The number of hydrogen-bond acceptors (Lipinski definition) is 4. The summed E-state index contributed by atoms with van der Waals surface area (Å²) in [5.74, 6) is 0.0772. The third-order valence-corrected chi connectivity index (χ3v) is 2.45. The quantitative estimate of drug-likeness (QED) is 0.785. The Balaban J connectivity index is 1.92. The minimum absolute atomic E-state index is 0.0393. The second-order valence-corrected chi connectivity index (χ2v) is 3.96. The first-order valence-corrected chi connectivity index (χ1v) is 5.29. The van der Waals surface area contributed by atoms with Crippen molar-refractivity contribution in [2.75, 3.05) is 13.2 Å². The van der Waals surface area contributed by atoms with Crippen LogP contribution in [0.1, 0.15) is 0 Å². The molecule has 0 aromatic heterocycles. The maximum absolute atomic E-state index is 10.7. The highest BCUT2D eigenvalue weighted by atomic mass is 35.5. The summed E-state index contributed by atoms with van der Waals surface area (Å²) in [6, 6.07) is 4.87. The lowest BCUT2D eigenvalue weighted by molar-refractivity contribution is -0.145. The number of ether oxygens (including phenoxy) is 3. The van der Waals surface area contributed by atoms with Crippen molar-refractivity contribution in [1.29, 1.82) is 0 Å². The van der Waals surface area contributed by atoms with Crippen LogP contribution in [-0.4, -0.2) is 25.5 Å². The van der Waals surface area contributed by atoms with Gasteiger partial charge in [0.15, 0.2) is 6.61 Å². The number of carbonyl (C=O) groups excluding carboxylic acids is 1. The molecule has 86 valence electrons. The van der Waals surface area contributed by atoms with Gasteiger partial charge in [-0.15, -0.1) is 0 Å². The van der Waals surface area contributed by atoms with E-state index in [4.69, 9.17) is 37.4 Å². The zero-order valence-electron chi connectivity index (χ0n) is 8.11. The van der Waals surface area contributed by atoms with E-state index in [0.29, 0.717) is 15.8 Å². The second-order valence-electron chi connectivity index (χ2n) is 3.12. The topological polar surface area (TPSA) is 44.8 Å². The summed E-state index contributed by atoms with van der Waals surface area (Å²) in [6.45, 7) is 0.0649. The molecule has 1 aromatic rings. The molecule has 1 aliphatic rings. The number of esters is 1. The van der Waals surface area contributed by atoms with Crippen molar-refractivity contribution >= 4 is 29.2 Å². The minimum Gasteiger partial charge on any atom is -0.485 e. The van der Waals surface area contributed by atoms with Gasteiger partial charge in [-0.05, 0) is 18.2 Å². The molecular formula is C10H8Cl2O4. The van der Waals surface area contributed by atoms with Crippen LogP contribution in [0.2, 0.25) is 10.0 Å². The third-order valence-electron chi connectivity index (χ3n) is 1.92. The monoisotopic (exact) mass is 262 g/mol. The Labute approximate surface area is 102 Å². The molecule has 6 heteroatoms. The van der Waals surface area contributed by atoms with Crippen molar-refractivity contribution < 1.29 is 19.0 Å². The highest BCUT2D eigenvalue weighted by Gasteiger charge is 2.24. The van der Waals surface area contributed by atoms with Crippen LogP contribution in [0, 0.1) is 0 Å². The number of carbonyl (C=O) groups is 1. The molecule has 0 N–H and O–H groups in total. The van der Waals surface area contributed by atoms with Crippen LogP contribution in [0.25, 0.3) is 0 Å². The van der Waals surface area contributed by atoms with Crippen LogP contribution < -0.4 is 4.74 Å². The lowest BCUT2D eigenvalue weighted by Gasteiger charge is -2.11. The fourth-order valence-electron chi connectivity index (χ4n) is 1.21. The molecule has 1 atom stereocenters. The number of rotatable bonds is 3. The minimum atomic E-state index is -0.667. The van der Waals surface area contributed by atoms with Crippen molar-refractivity contribution in [3.8, 4) is 5.75 Å². The molecule has 0 radical (unpaired) electrons. The number of benzene rings is 1. The van der Waals surface area contributed by atoms with Crippen molar-refractivity contribution in [3.63, 3.8) is 0 Å². The molecule has 4 nitrogen and oxygen atoms in total. The Morgan fingerprint density at radius 1 is 1.44 bits per heavy atom. The maximum atomic E-state index is 10.7. The van der Waals surface area contributed by atoms with Gasteiger partial charge in [0.05, 0.1) is 5.02 Å². The molecule has 0 saturated carbocycles. The molecule has 2 rings (SSSR count). The van der Waals surface area contributed by atoms with Crippen LogP contribution in [0.4, 0.5) is 0 Å². The molecule has 0 spiro atoms. The van der Waals surface area contributed by atoms with E-state index in [1.165, 1.54) is 0 Å². The lowest BCUT2D eigenvalue weighted by Crippen LogP contribution is -2.18. The normalized spacial score (nSPS) is 19.6. The van der Waals surface area contributed by atoms with Crippen LogP contribution in [0.15, 0.2) is 18.2 Å². The van der Waals surface area contributed by atoms with E-state index in [1.807, 2.05) is 0 Å². The first-order chi connectivity index (χ1) is 7.65. The summed E-state index contributed by atoms with van der Waals surface area (Å²) in [7, 11) is 0. The van der Waals surface area contributed by atoms with Crippen LogP contribution in [0.3, 0.4) is 0 Å². The summed E-state index contributed by atoms with van der Waals surface area (Å²) < 4.78 is 15.1. The Morgan fingerprint density at radius 3 is 2.88 bits per heavy atom. The van der Waals surface area contributed by atoms with Gasteiger partial charge in [-0.2, -0.15) is 0 Å². The molecule has 1 fully saturated rings. The van der Waals surface area contributed by atoms with Gasteiger partial charge in [0.2, 0.25) is 6.29 Å². The van der Waals surface area contributed by atoms with Crippen molar-refractivity contribution in [2.45, 2.75) is 6.29 Å². The average molecular weight is 263 g/mol. The Bertz CT molecular complexity index is 408. The molecule has 0 bridgehead atoms. The largest absolute Gasteiger partial charge is 0.485 e. The van der Waals surface area contributed by atoms with Gasteiger partial charge in [-0.25, -0.2) is 4.79 Å². The summed E-state index contributed by atoms with van der Waals surface area (Å²) in [5.41, 5.74) is 0. The summed E-state index contributed by atoms with van der Waals surface area (Å²) in [4.78, 5) is 10.7. The molecule has 1 aromatic carbocycles. The van der Waals surface area contributed by atoms with E-state index in [2.05, 4.69) is 0 Å². The summed E-state index contributed by atoms with van der Waals surface area (Å²) in [6.07, 6.45) is -0.667. The molecule has 0 aliphatic carbocycles.